The van der Waals surface area contributed by atoms with Gasteiger partial charge in [0.2, 0.25) is 5.91 Å². The monoisotopic (exact) mass is 292 g/mol. The van der Waals surface area contributed by atoms with E-state index in [0.29, 0.717) is 13.2 Å². The summed E-state index contributed by atoms with van der Waals surface area (Å²) in [6.45, 7) is 8.09. The van der Waals surface area contributed by atoms with Crippen LogP contribution in [-0.4, -0.2) is 25.1 Å². The molecule has 1 atom stereocenters. The molecule has 1 aromatic carbocycles. The standard InChI is InChI=1S/C17H28N2O2/c1-4-6-7-11-18-17(20)14(3)19-13-15-9-8-10-16(12-15)21-5-2/h8-10,12,14,19H,4-7,11,13H2,1-3H3,(H,18,20). The summed E-state index contributed by atoms with van der Waals surface area (Å²) in [5.41, 5.74) is 1.12. The maximum absolute atomic E-state index is 11.9. The van der Waals surface area contributed by atoms with Crippen molar-refractivity contribution in [2.24, 2.45) is 0 Å². The van der Waals surface area contributed by atoms with Crippen LogP contribution in [0.5, 0.6) is 5.75 Å². The lowest BCUT2D eigenvalue weighted by Gasteiger charge is -2.14. The maximum atomic E-state index is 11.9. The van der Waals surface area contributed by atoms with Crippen LogP contribution >= 0.6 is 0 Å². The van der Waals surface area contributed by atoms with Crippen molar-refractivity contribution in [1.29, 1.82) is 0 Å². The summed E-state index contributed by atoms with van der Waals surface area (Å²) in [5, 5.41) is 6.20. The highest BCUT2D eigenvalue weighted by Gasteiger charge is 2.11. The van der Waals surface area contributed by atoms with Crippen molar-refractivity contribution in [2.45, 2.75) is 52.6 Å². The van der Waals surface area contributed by atoms with Crippen molar-refractivity contribution in [3.05, 3.63) is 29.8 Å². The highest BCUT2D eigenvalue weighted by Crippen LogP contribution is 2.13. The summed E-state index contributed by atoms with van der Waals surface area (Å²) in [5.74, 6) is 0.931. The molecule has 0 aromatic heterocycles. The van der Waals surface area contributed by atoms with Crippen LogP contribution in [0.25, 0.3) is 0 Å². The molecule has 0 aliphatic carbocycles. The zero-order valence-electron chi connectivity index (χ0n) is 13.4. The Morgan fingerprint density at radius 3 is 2.81 bits per heavy atom. The van der Waals surface area contributed by atoms with Gasteiger partial charge in [-0.05, 0) is 38.0 Å². The Morgan fingerprint density at radius 1 is 1.29 bits per heavy atom. The molecule has 0 aliphatic heterocycles. The smallest absolute Gasteiger partial charge is 0.236 e. The van der Waals surface area contributed by atoms with E-state index < -0.39 is 0 Å². The molecule has 0 fully saturated rings. The maximum Gasteiger partial charge on any atom is 0.236 e. The molecule has 0 spiro atoms. The predicted octanol–water partition coefficient (Wildman–Crippen LogP) is 2.87. The van der Waals surface area contributed by atoms with Crippen LogP contribution in [0.1, 0.15) is 45.6 Å². The first kappa shape index (κ1) is 17.5. The first-order chi connectivity index (χ1) is 10.2. The zero-order chi connectivity index (χ0) is 15.5. The summed E-state index contributed by atoms with van der Waals surface area (Å²) in [7, 11) is 0. The average molecular weight is 292 g/mol. The number of benzene rings is 1. The average Bonchev–Trinajstić information content (AvgIpc) is 2.49. The fourth-order valence-corrected chi connectivity index (χ4v) is 2.02. The number of hydrogen-bond acceptors (Lipinski definition) is 3. The molecule has 2 N–H and O–H groups in total. The van der Waals surface area contributed by atoms with E-state index in [1.54, 1.807) is 0 Å². The van der Waals surface area contributed by atoms with E-state index in [-0.39, 0.29) is 11.9 Å². The fraction of sp³-hybridized carbons (Fsp3) is 0.588. The summed E-state index contributed by atoms with van der Waals surface area (Å²) in [6, 6.07) is 7.75. The summed E-state index contributed by atoms with van der Waals surface area (Å²) < 4.78 is 5.47. The topological polar surface area (TPSA) is 50.4 Å². The lowest BCUT2D eigenvalue weighted by molar-refractivity contribution is -0.122. The van der Waals surface area contributed by atoms with Crippen LogP contribution in [0.2, 0.25) is 0 Å². The number of carbonyl (C=O) groups is 1. The van der Waals surface area contributed by atoms with Gasteiger partial charge < -0.3 is 15.4 Å². The van der Waals surface area contributed by atoms with Crippen LogP contribution in [0.15, 0.2) is 24.3 Å². The number of rotatable bonds is 10. The van der Waals surface area contributed by atoms with Crippen molar-refractivity contribution in [1.82, 2.24) is 10.6 Å². The van der Waals surface area contributed by atoms with E-state index in [0.717, 1.165) is 30.7 Å². The third-order valence-electron chi connectivity index (χ3n) is 3.29. The lowest BCUT2D eigenvalue weighted by Crippen LogP contribution is -2.42. The Labute approximate surface area is 128 Å². The van der Waals surface area contributed by atoms with Crippen LogP contribution < -0.4 is 15.4 Å². The van der Waals surface area contributed by atoms with Gasteiger partial charge in [-0.15, -0.1) is 0 Å². The van der Waals surface area contributed by atoms with Gasteiger partial charge in [-0.25, -0.2) is 0 Å². The van der Waals surface area contributed by atoms with E-state index in [2.05, 4.69) is 17.6 Å². The van der Waals surface area contributed by atoms with Gasteiger partial charge in [0.15, 0.2) is 0 Å². The molecule has 1 amide bonds. The fourth-order valence-electron chi connectivity index (χ4n) is 2.02. The molecule has 118 valence electrons. The van der Waals surface area contributed by atoms with Gasteiger partial charge in [-0.3, -0.25) is 4.79 Å². The van der Waals surface area contributed by atoms with E-state index in [4.69, 9.17) is 4.74 Å². The molecule has 0 bridgehead atoms. The van der Waals surface area contributed by atoms with Crippen molar-refractivity contribution >= 4 is 5.91 Å². The molecule has 1 aromatic rings. The van der Waals surface area contributed by atoms with Gasteiger partial charge in [0.1, 0.15) is 5.75 Å². The number of amides is 1. The highest BCUT2D eigenvalue weighted by molar-refractivity contribution is 5.81. The molecule has 4 nitrogen and oxygen atoms in total. The Bertz CT molecular complexity index is 421. The molecule has 1 unspecified atom stereocenters. The van der Waals surface area contributed by atoms with Gasteiger partial charge in [0, 0.05) is 13.1 Å². The second-order valence-electron chi connectivity index (χ2n) is 5.18. The molecular weight excluding hydrogens is 264 g/mol. The molecule has 1 rings (SSSR count). The number of nitrogens with one attached hydrogen (secondary N) is 2. The van der Waals surface area contributed by atoms with E-state index in [1.165, 1.54) is 6.42 Å². The first-order valence-corrected chi connectivity index (χ1v) is 7.90. The molecular formula is C17H28N2O2. The quantitative estimate of drug-likeness (QED) is 0.652. The second-order valence-corrected chi connectivity index (χ2v) is 5.18. The summed E-state index contributed by atoms with van der Waals surface area (Å²) in [6.07, 6.45) is 3.37. The second kappa shape index (κ2) is 10.2. The Hall–Kier alpha value is -1.55. The predicted molar refractivity (Wildman–Crippen MR) is 86.4 cm³/mol. The van der Waals surface area contributed by atoms with Crippen LogP contribution in [0.3, 0.4) is 0 Å². The molecule has 0 aliphatic rings. The molecule has 0 radical (unpaired) electrons. The van der Waals surface area contributed by atoms with E-state index in [9.17, 15) is 4.79 Å². The van der Waals surface area contributed by atoms with Crippen molar-refractivity contribution < 1.29 is 9.53 Å². The molecule has 21 heavy (non-hydrogen) atoms. The largest absolute Gasteiger partial charge is 0.494 e. The minimum atomic E-state index is -0.192. The highest BCUT2D eigenvalue weighted by atomic mass is 16.5. The van der Waals surface area contributed by atoms with Gasteiger partial charge in [0.25, 0.3) is 0 Å². The molecule has 4 heteroatoms. The Kier molecular flexibility index (Phi) is 8.51. The Morgan fingerprint density at radius 2 is 2.10 bits per heavy atom. The zero-order valence-corrected chi connectivity index (χ0v) is 13.4. The van der Waals surface area contributed by atoms with Gasteiger partial charge in [-0.1, -0.05) is 31.9 Å². The van der Waals surface area contributed by atoms with Gasteiger partial charge >= 0.3 is 0 Å². The Balaban J connectivity index is 2.32. The normalized spacial score (nSPS) is 12.0. The van der Waals surface area contributed by atoms with Gasteiger partial charge in [-0.2, -0.15) is 0 Å². The molecule has 0 heterocycles. The number of unbranched alkanes of at least 4 members (excludes halogenated alkanes) is 2. The number of ether oxygens (including phenoxy) is 1. The first-order valence-electron chi connectivity index (χ1n) is 7.90. The van der Waals surface area contributed by atoms with E-state index >= 15 is 0 Å². The van der Waals surface area contributed by atoms with Crippen molar-refractivity contribution in [3.63, 3.8) is 0 Å². The van der Waals surface area contributed by atoms with Crippen LogP contribution in [0.4, 0.5) is 0 Å². The summed E-state index contributed by atoms with van der Waals surface area (Å²) in [4.78, 5) is 11.9. The SMILES string of the molecule is CCCCCNC(=O)C(C)NCc1cccc(OCC)c1. The minimum absolute atomic E-state index is 0.0621. The van der Waals surface area contributed by atoms with Crippen molar-refractivity contribution in [2.75, 3.05) is 13.2 Å². The molecule has 0 saturated heterocycles. The van der Waals surface area contributed by atoms with Gasteiger partial charge in [0.05, 0.1) is 12.6 Å². The number of carbonyl (C=O) groups excluding carboxylic acids is 1. The van der Waals surface area contributed by atoms with Crippen LogP contribution in [-0.2, 0) is 11.3 Å². The molecule has 0 saturated carbocycles. The summed E-state index contributed by atoms with van der Waals surface area (Å²) >= 11 is 0. The van der Waals surface area contributed by atoms with Crippen LogP contribution in [0, 0.1) is 0 Å². The van der Waals surface area contributed by atoms with E-state index in [1.807, 2.05) is 38.1 Å². The number of hydrogen-bond donors (Lipinski definition) is 2. The third-order valence-corrected chi connectivity index (χ3v) is 3.29. The lowest BCUT2D eigenvalue weighted by atomic mass is 10.2. The van der Waals surface area contributed by atoms with Crippen molar-refractivity contribution in [3.8, 4) is 5.75 Å². The minimum Gasteiger partial charge on any atom is -0.494 e. The third kappa shape index (κ3) is 7.14.